The second-order valence-corrected chi connectivity index (χ2v) is 26.3. The molecule has 0 aliphatic heterocycles. The van der Waals surface area contributed by atoms with Gasteiger partial charge in [-0.15, -0.1) is 0 Å². The highest BCUT2D eigenvalue weighted by molar-refractivity contribution is 5.71. The first-order valence-electron chi connectivity index (χ1n) is 38.2. The Morgan fingerprint density at radius 2 is 0.398 bits per heavy atom. The molecule has 1 atom stereocenters. The maximum absolute atomic E-state index is 13.0. The second kappa shape index (κ2) is 72.6. The zero-order valence-corrected chi connectivity index (χ0v) is 56.8. The van der Waals surface area contributed by atoms with Gasteiger partial charge in [0, 0.05) is 19.3 Å². The molecule has 492 valence electrons. The van der Waals surface area contributed by atoms with Gasteiger partial charge in [-0.2, -0.15) is 0 Å². The highest BCUT2D eigenvalue weighted by Crippen LogP contribution is 2.20. The molecule has 0 aliphatic rings. The van der Waals surface area contributed by atoms with Crippen molar-refractivity contribution in [1.29, 1.82) is 0 Å². The summed E-state index contributed by atoms with van der Waals surface area (Å²) in [4.78, 5) is 38.5. The van der Waals surface area contributed by atoms with Crippen LogP contribution in [0.15, 0.2) is 12.2 Å². The van der Waals surface area contributed by atoms with E-state index in [0.717, 1.165) is 64.2 Å². The molecule has 0 radical (unpaired) electrons. The molecular formula is C77H148O6. The molecule has 0 N–H and O–H groups in total. The summed E-state index contributed by atoms with van der Waals surface area (Å²) in [5.74, 6) is -0.834. The number of carbonyl (C=O) groups excluding carboxylic acids is 3. The van der Waals surface area contributed by atoms with E-state index < -0.39 is 6.10 Å². The van der Waals surface area contributed by atoms with Gasteiger partial charge in [0.15, 0.2) is 6.10 Å². The third kappa shape index (κ3) is 70.8. The molecule has 0 spiro atoms. The van der Waals surface area contributed by atoms with Crippen molar-refractivity contribution in [2.75, 3.05) is 13.2 Å². The van der Waals surface area contributed by atoms with Crippen LogP contribution in [-0.2, 0) is 28.6 Å². The smallest absolute Gasteiger partial charge is 0.306 e. The van der Waals surface area contributed by atoms with Gasteiger partial charge in [0.2, 0.25) is 0 Å². The zero-order chi connectivity index (χ0) is 59.9. The number of hydrogen-bond acceptors (Lipinski definition) is 6. The maximum atomic E-state index is 13.0. The van der Waals surface area contributed by atoms with Crippen molar-refractivity contribution in [3.05, 3.63) is 12.2 Å². The van der Waals surface area contributed by atoms with Crippen molar-refractivity contribution in [2.24, 2.45) is 0 Å². The molecule has 0 saturated carbocycles. The second-order valence-electron chi connectivity index (χ2n) is 26.3. The largest absolute Gasteiger partial charge is 0.462 e. The Bertz CT molecular complexity index is 1300. The number of allylic oxidation sites excluding steroid dienone is 2. The summed E-state index contributed by atoms with van der Waals surface area (Å²) >= 11 is 0. The minimum atomic E-state index is -0.770. The van der Waals surface area contributed by atoms with Crippen LogP contribution in [0, 0.1) is 0 Å². The lowest BCUT2D eigenvalue weighted by atomic mass is 10.0. The van der Waals surface area contributed by atoms with Gasteiger partial charge in [-0.05, 0) is 44.9 Å². The van der Waals surface area contributed by atoms with E-state index in [1.54, 1.807) is 0 Å². The van der Waals surface area contributed by atoms with E-state index >= 15 is 0 Å². The van der Waals surface area contributed by atoms with Gasteiger partial charge in [0.1, 0.15) is 13.2 Å². The zero-order valence-electron chi connectivity index (χ0n) is 56.8. The van der Waals surface area contributed by atoms with Crippen LogP contribution < -0.4 is 0 Å². The molecule has 0 heterocycles. The molecule has 6 nitrogen and oxygen atoms in total. The van der Waals surface area contributed by atoms with Crippen molar-refractivity contribution < 1.29 is 28.6 Å². The molecule has 0 aromatic rings. The van der Waals surface area contributed by atoms with Crippen molar-refractivity contribution in [3.8, 4) is 0 Å². The lowest BCUT2D eigenvalue weighted by molar-refractivity contribution is -0.167. The number of unbranched alkanes of at least 4 members (excludes halogenated alkanes) is 59. The summed E-state index contributed by atoms with van der Waals surface area (Å²) in [5, 5.41) is 0. The van der Waals surface area contributed by atoms with E-state index in [2.05, 4.69) is 32.9 Å². The van der Waals surface area contributed by atoms with E-state index in [1.165, 1.54) is 340 Å². The first kappa shape index (κ1) is 81.2. The van der Waals surface area contributed by atoms with Crippen LogP contribution in [-0.4, -0.2) is 37.2 Å². The van der Waals surface area contributed by atoms with Gasteiger partial charge in [-0.1, -0.05) is 392 Å². The molecule has 0 aliphatic carbocycles. The van der Waals surface area contributed by atoms with E-state index in [-0.39, 0.29) is 31.1 Å². The molecule has 1 unspecified atom stereocenters. The fourth-order valence-corrected chi connectivity index (χ4v) is 12.0. The molecule has 0 amide bonds. The summed E-state index contributed by atoms with van der Waals surface area (Å²) in [5.41, 5.74) is 0. The third-order valence-electron chi connectivity index (χ3n) is 17.8. The van der Waals surface area contributed by atoms with Crippen LogP contribution in [0.2, 0.25) is 0 Å². The number of hydrogen-bond donors (Lipinski definition) is 0. The molecule has 0 bridgehead atoms. The van der Waals surface area contributed by atoms with E-state index in [9.17, 15) is 14.4 Å². The van der Waals surface area contributed by atoms with Crippen LogP contribution in [0.1, 0.15) is 445 Å². The first-order chi connectivity index (χ1) is 41.0. The lowest BCUT2D eigenvalue weighted by Crippen LogP contribution is -2.30. The molecule has 0 saturated heterocycles. The van der Waals surface area contributed by atoms with Gasteiger partial charge in [0.05, 0.1) is 0 Å². The molecule has 6 heteroatoms. The van der Waals surface area contributed by atoms with Gasteiger partial charge in [0.25, 0.3) is 0 Å². The van der Waals surface area contributed by atoms with Gasteiger partial charge < -0.3 is 14.2 Å². The minimum Gasteiger partial charge on any atom is -0.462 e. The fraction of sp³-hybridized carbons (Fsp3) is 0.935. The predicted molar refractivity (Wildman–Crippen MR) is 363 cm³/mol. The summed E-state index contributed by atoms with van der Waals surface area (Å²) in [6, 6.07) is 0. The lowest BCUT2D eigenvalue weighted by Gasteiger charge is -2.18. The Morgan fingerprint density at radius 1 is 0.229 bits per heavy atom. The van der Waals surface area contributed by atoms with Crippen LogP contribution in [0.4, 0.5) is 0 Å². The monoisotopic (exact) mass is 1170 g/mol. The predicted octanol–water partition coefficient (Wildman–Crippen LogP) is 26.3. The Kier molecular flexibility index (Phi) is 71.0. The van der Waals surface area contributed by atoms with E-state index in [4.69, 9.17) is 14.2 Å². The first-order valence-corrected chi connectivity index (χ1v) is 38.2. The molecule has 0 aromatic carbocycles. The summed E-state index contributed by atoms with van der Waals surface area (Å²) in [6.45, 7) is 6.74. The van der Waals surface area contributed by atoms with Crippen LogP contribution in [0.3, 0.4) is 0 Å². The highest BCUT2D eigenvalue weighted by Gasteiger charge is 2.20. The van der Waals surface area contributed by atoms with Crippen LogP contribution in [0.5, 0.6) is 0 Å². The average molecular weight is 1170 g/mol. The Hall–Kier alpha value is -1.85. The standard InChI is InChI=1S/C77H148O6/c1-4-7-10-13-16-19-22-25-28-31-33-35-36-37-38-39-40-41-42-43-45-46-49-52-55-58-61-64-67-70-76(79)82-73-74(72-81-75(78)69-66-63-60-57-54-51-48-30-27-24-21-18-15-12-9-6-3)83-77(80)71-68-65-62-59-56-53-50-47-44-34-32-29-26-23-20-17-14-11-8-5-2/h30,48,74H,4-29,31-47,49-73H2,1-3H3/b48-30-. The molecule has 0 fully saturated rings. The van der Waals surface area contributed by atoms with Crippen molar-refractivity contribution in [1.82, 2.24) is 0 Å². The summed E-state index contributed by atoms with van der Waals surface area (Å²) < 4.78 is 17.0. The summed E-state index contributed by atoms with van der Waals surface area (Å²) in [7, 11) is 0. The maximum Gasteiger partial charge on any atom is 0.306 e. The number of rotatable bonds is 72. The molecule has 0 rings (SSSR count). The SMILES string of the molecule is CCCCCCCCC/C=C\CCCCCCCC(=O)OCC(COC(=O)CCCCCCCCCCCCCCCCCCCCCCCCCCCCCCC)OC(=O)CCCCCCCCCCCCCCCCCCCCCC. The number of carbonyl (C=O) groups is 3. The third-order valence-corrected chi connectivity index (χ3v) is 17.8. The summed E-state index contributed by atoms with van der Waals surface area (Å²) in [6.07, 6.45) is 88.4. The van der Waals surface area contributed by atoms with Crippen molar-refractivity contribution >= 4 is 17.9 Å². The molecule has 0 aromatic heterocycles. The van der Waals surface area contributed by atoms with Crippen LogP contribution in [0.25, 0.3) is 0 Å². The van der Waals surface area contributed by atoms with Crippen LogP contribution >= 0.6 is 0 Å². The normalized spacial score (nSPS) is 12.0. The number of esters is 3. The molecular weight excluding hydrogens is 1020 g/mol. The van der Waals surface area contributed by atoms with Gasteiger partial charge in [-0.3, -0.25) is 14.4 Å². The quantitative estimate of drug-likeness (QED) is 0.0261. The molecule has 83 heavy (non-hydrogen) atoms. The van der Waals surface area contributed by atoms with Crippen molar-refractivity contribution in [2.45, 2.75) is 451 Å². The Balaban J connectivity index is 4.19. The Labute approximate surface area is 520 Å². The topological polar surface area (TPSA) is 78.9 Å². The Morgan fingerprint density at radius 3 is 0.602 bits per heavy atom. The van der Waals surface area contributed by atoms with Crippen molar-refractivity contribution in [3.63, 3.8) is 0 Å². The highest BCUT2D eigenvalue weighted by atomic mass is 16.6. The fourth-order valence-electron chi connectivity index (χ4n) is 12.0. The van der Waals surface area contributed by atoms with E-state index in [0.29, 0.717) is 19.3 Å². The average Bonchev–Trinajstić information content (AvgIpc) is 3.49. The van der Waals surface area contributed by atoms with E-state index in [1.807, 2.05) is 0 Å². The van der Waals surface area contributed by atoms with Gasteiger partial charge >= 0.3 is 17.9 Å². The minimum absolute atomic E-state index is 0.0653. The van der Waals surface area contributed by atoms with Gasteiger partial charge in [-0.25, -0.2) is 0 Å². The number of ether oxygens (including phenoxy) is 3.